The van der Waals surface area contributed by atoms with E-state index in [0.717, 1.165) is 0 Å². The van der Waals surface area contributed by atoms with E-state index in [1.54, 1.807) is 44.2 Å². The number of nitrogens with one attached hydrogen (secondary N) is 9. The Kier molecular flexibility index (Phi) is 22.8. The van der Waals surface area contributed by atoms with Crippen LogP contribution in [0.1, 0.15) is 58.4 Å². The molecule has 23 nitrogen and oxygen atoms in total. The molecule has 1 aromatic rings. The van der Waals surface area contributed by atoms with Crippen molar-refractivity contribution in [3.8, 4) is 0 Å². The fraction of sp³-hybridized carbons (Fsp3) is 0.556. The van der Waals surface area contributed by atoms with Gasteiger partial charge in [0.05, 0.1) is 31.8 Å². The number of nitrogens with two attached hydrogens (primary N) is 3. The number of rotatable bonds is 27. The lowest BCUT2D eigenvalue weighted by molar-refractivity contribution is -0.142. The number of aliphatic hydroxyl groups is 1. The van der Waals surface area contributed by atoms with Crippen LogP contribution in [0.2, 0.25) is 0 Å². The average molecular weight is 835 g/mol. The zero-order valence-electron chi connectivity index (χ0n) is 33.3. The second-order valence-corrected chi connectivity index (χ2v) is 14.0. The number of hydrogen-bond acceptors (Lipinski definition) is 12. The number of hydrogen-bond donors (Lipinski definition) is 14. The third-order valence-corrected chi connectivity index (χ3v) is 8.28. The molecular weight excluding hydrogens is 776 g/mol. The molecule has 0 fully saturated rings. The first-order valence-corrected chi connectivity index (χ1v) is 18.8. The summed E-state index contributed by atoms with van der Waals surface area (Å²) < 4.78 is 0. The molecule has 0 aliphatic carbocycles. The zero-order chi connectivity index (χ0) is 44.7. The van der Waals surface area contributed by atoms with Crippen LogP contribution in [0.4, 0.5) is 0 Å². The van der Waals surface area contributed by atoms with Crippen molar-refractivity contribution in [2.45, 2.75) is 95.6 Å². The van der Waals surface area contributed by atoms with Gasteiger partial charge < -0.3 is 69.9 Å². The smallest absolute Gasteiger partial charge is 0.326 e. The highest BCUT2D eigenvalue weighted by Gasteiger charge is 2.31. The Bertz CT molecular complexity index is 1630. The van der Waals surface area contributed by atoms with E-state index >= 15 is 0 Å². The van der Waals surface area contributed by atoms with Gasteiger partial charge in [-0.05, 0) is 44.1 Å². The summed E-state index contributed by atoms with van der Waals surface area (Å²) in [6.07, 6.45) is -1.45. The topological polar surface area (TPSA) is 392 Å². The first-order valence-electron chi connectivity index (χ1n) is 18.8. The largest absolute Gasteiger partial charge is 0.480 e. The van der Waals surface area contributed by atoms with Gasteiger partial charge in [0.25, 0.3) is 0 Å². The van der Waals surface area contributed by atoms with Crippen LogP contribution in [0.25, 0.3) is 0 Å². The molecule has 1 aromatic carbocycles. The summed E-state index contributed by atoms with van der Waals surface area (Å²) in [6, 6.07) is 1.87. The van der Waals surface area contributed by atoms with Gasteiger partial charge in [0.1, 0.15) is 24.2 Å². The van der Waals surface area contributed by atoms with Crippen LogP contribution in [0.3, 0.4) is 0 Å². The first-order chi connectivity index (χ1) is 27.7. The van der Waals surface area contributed by atoms with E-state index in [0.29, 0.717) is 5.56 Å². The zero-order valence-corrected chi connectivity index (χ0v) is 33.3. The van der Waals surface area contributed by atoms with Crippen LogP contribution in [-0.4, -0.2) is 132 Å². The van der Waals surface area contributed by atoms with Gasteiger partial charge in [-0.1, -0.05) is 44.2 Å². The third-order valence-electron chi connectivity index (χ3n) is 8.28. The summed E-state index contributed by atoms with van der Waals surface area (Å²) in [5.41, 5.74) is 16.7. The predicted octanol–water partition coefficient (Wildman–Crippen LogP) is -5.12. The van der Waals surface area contributed by atoms with Gasteiger partial charge in [-0.2, -0.15) is 0 Å². The van der Waals surface area contributed by atoms with Crippen LogP contribution >= 0.6 is 0 Å². The number of carboxylic acids is 1. The SMILES string of the molecule is CC(C)C[C@H](NC(=O)CNC(=O)[C@@H](NC(=O)[C@H](Cc1ccccc1)NC(=O)CNC(=O)[C@H](CCCNC(=N)N)NC(=O)CNC(=O)[C@@H](N)CCC(N)=O)[C@@H](C)O)C(=O)O. The second-order valence-electron chi connectivity index (χ2n) is 14.0. The number of aliphatic hydroxyl groups excluding tert-OH is 1. The number of guanidine groups is 1. The molecule has 328 valence electrons. The Balaban J connectivity index is 3.02. The molecule has 6 atom stereocenters. The Hall–Kier alpha value is -6.36. The fourth-order valence-electron chi connectivity index (χ4n) is 5.24. The maximum atomic E-state index is 13.6. The van der Waals surface area contributed by atoms with Crippen LogP contribution in [0.5, 0.6) is 0 Å². The number of carboxylic acid groups (broad SMARTS) is 1. The van der Waals surface area contributed by atoms with Gasteiger partial charge >= 0.3 is 5.97 Å². The fourth-order valence-corrected chi connectivity index (χ4v) is 5.24. The van der Waals surface area contributed by atoms with Crippen LogP contribution in [0, 0.1) is 11.3 Å². The van der Waals surface area contributed by atoms with Gasteiger partial charge in [0.2, 0.25) is 47.3 Å². The number of carbonyl (C=O) groups is 9. The second kappa shape index (κ2) is 26.5. The first kappa shape index (κ1) is 50.7. The van der Waals surface area contributed by atoms with Crippen molar-refractivity contribution in [2.75, 3.05) is 26.2 Å². The normalized spacial score (nSPS) is 13.8. The third kappa shape index (κ3) is 21.7. The molecule has 0 spiro atoms. The summed E-state index contributed by atoms with van der Waals surface area (Å²) in [5.74, 6) is -8.24. The minimum atomic E-state index is -1.62. The quantitative estimate of drug-likeness (QED) is 0.0224. The molecule has 8 amide bonds. The van der Waals surface area contributed by atoms with Crippen molar-refractivity contribution in [1.82, 2.24) is 42.5 Å². The highest BCUT2D eigenvalue weighted by Crippen LogP contribution is 2.07. The maximum absolute atomic E-state index is 13.6. The van der Waals surface area contributed by atoms with Crippen molar-refractivity contribution in [2.24, 2.45) is 23.1 Å². The molecule has 23 heteroatoms. The molecule has 0 aliphatic heterocycles. The molecule has 0 saturated carbocycles. The van der Waals surface area contributed by atoms with Gasteiger partial charge in [0, 0.05) is 19.4 Å². The van der Waals surface area contributed by atoms with E-state index in [-0.39, 0.29) is 56.9 Å². The molecule has 0 aromatic heterocycles. The van der Waals surface area contributed by atoms with Crippen molar-refractivity contribution < 1.29 is 53.4 Å². The van der Waals surface area contributed by atoms with E-state index in [1.807, 2.05) is 0 Å². The van der Waals surface area contributed by atoms with Crippen LogP contribution in [0.15, 0.2) is 30.3 Å². The summed E-state index contributed by atoms with van der Waals surface area (Å²) in [7, 11) is 0. The molecule has 0 saturated heterocycles. The lowest BCUT2D eigenvalue weighted by Gasteiger charge is -2.25. The number of primary amides is 1. The van der Waals surface area contributed by atoms with E-state index < -0.39 is 109 Å². The highest BCUT2D eigenvalue weighted by atomic mass is 16.4. The van der Waals surface area contributed by atoms with Gasteiger partial charge in [-0.3, -0.25) is 43.8 Å². The van der Waals surface area contributed by atoms with E-state index in [4.69, 9.17) is 22.6 Å². The Morgan fingerprint density at radius 3 is 1.71 bits per heavy atom. The summed E-state index contributed by atoms with van der Waals surface area (Å²) in [6.45, 7) is 2.95. The van der Waals surface area contributed by atoms with E-state index in [1.165, 1.54) is 6.92 Å². The average Bonchev–Trinajstić information content (AvgIpc) is 3.16. The molecule has 59 heavy (non-hydrogen) atoms. The predicted molar refractivity (Wildman–Crippen MR) is 211 cm³/mol. The molecule has 1 rings (SSSR count). The highest BCUT2D eigenvalue weighted by molar-refractivity contribution is 5.96. The monoisotopic (exact) mass is 834 g/mol. The number of amides is 8. The molecule has 0 unspecified atom stereocenters. The standard InChI is InChI=1S/C36H58N12O11/c1-19(2)14-25(35(58)59)47-29(53)18-44-34(57)30(20(3)49)48-33(56)24(15-21-8-5-4-6-9-21)46-28(52)17-43-32(55)23(10-7-13-41-36(39)40)45-27(51)16-42-31(54)22(37)11-12-26(38)50/h4-6,8-9,19-20,22-25,30,49H,7,10-18,37H2,1-3H3,(H2,38,50)(H,42,54)(H,43,55)(H,44,57)(H,45,51)(H,46,52)(H,47,53)(H,48,56)(H,58,59)(H4,39,40,41)/t20-,22+,23+,24+,25+,30+/m1/s1. The summed E-state index contributed by atoms with van der Waals surface area (Å²) in [5, 5.41) is 46.1. The Labute approximate surface area is 341 Å². The summed E-state index contributed by atoms with van der Waals surface area (Å²) >= 11 is 0. The minimum absolute atomic E-state index is 0.00682. The Morgan fingerprint density at radius 2 is 1.20 bits per heavy atom. The molecule has 0 bridgehead atoms. The number of carbonyl (C=O) groups excluding carboxylic acids is 8. The molecule has 0 radical (unpaired) electrons. The van der Waals surface area contributed by atoms with Gasteiger partial charge in [0.15, 0.2) is 5.96 Å². The van der Waals surface area contributed by atoms with Crippen LogP contribution in [-0.2, 0) is 49.6 Å². The molecule has 0 aliphatic rings. The lowest BCUT2D eigenvalue weighted by Crippen LogP contribution is -2.59. The molecule has 0 heterocycles. The van der Waals surface area contributed by atoms with Crippen molar-refractivity contribution in [1.29, 1.82) is 5.41 Å². The van der Waals surface area contributed by atoms with Crippen molar-refractivity contribution in [3.63, 3.8) is 0 Å². The number of benzene rings is 1. The molecule has 17 N–H and O–H groups in total. The van der Waals surface area contributed by atoms with Gasteiger partial charge in [-0.15, -0.1) is 0 Å². The van der Waals surface area contributed by atoms with Crippen molar-refractivity contribution >= 4 is 59.2 Å². The van der Waals surface area contributed by atoms with Gasteiger partial charge in [-0.25, -0.2) is 4.79 Å². The Morgan fingerprint density at radius 1 is 0.678 bits per heavy atom. The number of aliphatic carboxylic acids is 1. The van der Waals surface area contributed by atoms with E-state index in [9.17, 15) is 53.4 Å². The lowest BCUT2D eigenvalue weighted by atomic mass is 10.0. The van der Waals surface area contributed by atoms with E-state index in [2.05, 4.69) is 42.5 Å². The summed E-state index contributed by atoms with van der Waals surface area (Å²) in [4.78, 5) is 113. The van der Waals surface area contributed by atoms with Crippen molar-refractivity contribution in [3.05, 3.63) is 35.9 Å². The maximum Gasteiger partial charge on any atom is 0.326 e. The van der Waals surface area contributed by atoms with Crippen LogP contribution < -0.4 is 59.7 Å². The minimum Gasteiger partial charge on any atom is -0.480 e. The molecular formula is C36H58N12O11.